The minimum absolute atomic E-state index is 0.419. The van der Waals surface area contributed by atoms with Crippen molar-refractivity contribution in [2.45, 2.75) is 6.54 Å². The number of nitrogens with zero attached hydrogens (tertiary/aromatic N) is 1. The standard InChI is InChI=1S/C10H9ClN2S2/c11-9-4-3-7(15-9)6-13-5-1-2-8(13)10(12)14/h1-5H,6H2,(H2,12,14). The molecule has 15 heavy (non-hydrogen) atoms. The zero-order chi connectivity index (χ0) is 10.8. The summed E-state index contributed by atoms with van der Waals surface area (Å²) >= 11 is 12.4. The van der Waals surface area contributed by atoms with Gasteiger partial charge in [0.1, 0.15) is 4.99 Å². The third-order valence-corrected chi connectivity index (χ3v) is 3.46. The molecule has 0 amide bonds. The van der Waals surface area contributed by atoms with Crippen LogP contribution in [0.1, 0.15) is 10.6 Å². The van der Waals surface area contributed by atoms with E-state index in [9.17, 15) is 0 Å². The molecule has 0 radical (unpaired) electrons. The van der Waals surface area contributed by atoms with Crippen LogP contribution in [0.25, 0.3) is 0 Å². The van der Waals surface area contributed by atoms with Gasteiger partial charge in [-0.15, -0.1) is 11.3 Å². The van der Waals surface area contributed by atoms with Gasteiger partial charge in [0.05, 0.1) is 16.6 Å². The smallest absolute Gasteiger partial charge is 0.120 e. The van der Waals surface area contributed by atoms with Crippen molar-refractivity contribution < 1.29 is 0 Å². The highest BCUT2D eigenvalue weighted by Crippen LogP contribution is 2.22. The van der Waals surface area contributed by atoms with Gasteiger partial charge in [0.25, 0.3) is 0 Å². The summed E-state index contributed by atoms with van der Waals surface area (Å²) in [5.74, 6) is 0. The molecule has 0 saturated carbocycles. The van der Waals surface area contributed by atoms with Gasteiger partial charge in [0.15, 0.2) is 0 Å². The average molecular weight is 257 g/mol. The Balaban J connectivity index is 2.24. The molecule has 0 unspecified atom stereocenters. The van der Waals surface area contributed by atoms with Crippen molar-refractivity contribution in [3.05, 3.63) is 45.4 Å². The second kappa shape index (κ2) is 4.35. The van der Waals surface area contributed by atoms with Crippen molar-refractivity contribution in [2.24, 2.45) is 5.73 Å². The second-order valence-corrected chi connectivity index (χ2v) is 5.33. The third kappa shape index (κ3) is 2.40. The van der Waals surface area contributed by atoms with Gasteiger partial charge in [-0.2, -0.15) is 0 Å². The van der Waals surface area contributed by atoms with E-state index in [1.165, 1.54) is 4.88 Å². The number of thiocarbonyl (C=S) groups is 1. The third-order valence-electron chi connectivity index (χ3n) is 2.04. The Morgan fingerprint density at radius 1 is 1.47 bits per heavy atom. The quantitative estimate of drug-likeness (QED) is 0.857. The van der Waals surface area contributed by atoms with E-state index in [2.05, 4.69) is 0 Å². The van der Waals surface area contributed by atoms with Crippen molar-refractivity contribution in [2.75, 3.05) is 0 Å². The first-order valence-corrected chi connectivity index (χ1v) is 5.96. The fourth-order valence-corrected chi connectivity index (χ4v) is 2.65. The molecule has 0 spiro atoms. The molecule has 0 bridgehead atoms. The van der Waals surface area contributed by atoms with E-state index in [-0.39, 0.29) is 0 Å². The molecule has 0 aromatic carbocycles. The Labute approximate surface area is 102 Å². The van der Waals surface area contributed by atoms with Crippen molar-refractivity contribution in [3.63, 3.8) is 0 Å². The molecule has 0 atom stereocenters. The summed E-state index contributed by atoms with van der Waals surface area (Å²) < 4.78 is 2.82. The van der Waals surface area contributed by atoms with Crippen LogP contribution in [-0.4, -0.2) is 9.56 Å². The molecule has 2 aromatic rings. The van der Waals surface area contributed by atoms with Crippen LogP contribution in [0, 0.1) is 0 Å². The molecule has 0 aliphatic heterocycles. The lowest BCUT2D eigenvalue weighted by Crippen LogP contribution is -2.15. The first-order chi connectivity index (χ1) is 7.16. The van der Waals surface area contributed by atoms with E-state index < -0.39 is 0 Å². The van der Waals surface area contributed by atoms with E-state index >= 15 is 0 Å². The number of thiophene rings is 1. The van der Waals surface area contributed by atoms with E-state index in [4.69, 9.17) is 29.6 Å². The number of nitrogens with two attached hydrogens (primary N) is 1. The summed E-state index contributed by atoms with van der Waals surface area (Å²) in [6.07, 6.45) is 1.96. The fraction of sp³-hybridized carbons (Fsp3) is 0.100. The summed E-state index contributed by atoms with van der Waals surface area (Å²) in [5, 5.41) is 0. The van der Waals surface area contributed by atoms with Crippen LogP contribution >= 0.6 is 35.2 Å². The summed E-state index contributed by atoms with van der Waals surface area (Å²) in [6, 6.07) is 7.75. The van der Waals surface area contributed by atoms with Crippen LogP contribution in [0.5, 0.6) is 0 Å². The molecule has 2 N–H and O–H groups in total. The van der Waals surface area contributed by atoms with Crippen LogP contribution in [0.3, 0.4) is 0 Å². The lowest BCUT2D eigenvalue weighted by Gasteiger charge is -2.05. The average Bonchev–Trinajstić information content (AvgIpc) is 2.75. The molecule has 0 aliphatic rings. The first-order valence-electron chi connectivity index (χ1n) is 4.36. The Morgan fingerprint density at radius 3 is 2.87 bits per heavy atom. The highest BCUT2D eigenvalue weighted by atomic mass is 35.5. The molecule has 2 nitrogen and oxygen atoms in total. The summed E-state index contributed by atoms with van der Waals surface area (Å²) in [5.41, 5.74) is 6.49. The largest absolute Gasteiger partial charge is 0.388 e. The van der Waals surface area contributed by atoms with Crippen molar-refractivity contribution in [1.29, 1.82) is 0 Å². The van der Waals surface area contributed by atoms with Crippen molar-refractivity contribution in [1.82, 2.24) is 4.57 Å². The van der Waals surface area contributed by atoms with Gasteiger partial charge in [0, 0.05) is 11.1 Å². The molecule has 2 aromatic heterocycles. The second-order valence-electron chi connectivity index (χ2n) is 3.09. The first kappa shape index (κ1) is 10.7. The van der Waals surface area contributed by atoms with E-state index in [1.54, 1.807) is 11.3 Å². The molecule has 0 saturated heterocycles. The van der Waals surface area contributed by atoms with Gasteiger partial charge in [-0.05, 0) is 24.3 Å². The van der Waals surface area contributed by atoms with Gasteiger partial charge in [-0.1, -0.05) is 23.8 Å². The number of aromatic nitrogens is 1. The topological polar surface area (TPSA) is 30.9 Å². The lowest BCUT2D eigenvalue weighted by atomic mass is 10.4. The van der Waals surface area contributed by atoms with Crippen molar-refractivity contribution >= 4 is 40.1 Å². The molecule has 2 rings (SSSR count). The maximum atomic E-state index is 5.86. The maximum absolute atomic E-state index is 5.86. The zero-order valence-electron chi connectivity index (χ0n) is 7.81. The van der Waals surface area contributed by atoms with Gasteiger partial charge < -0.3 is 10.3 Å². The molecule has 78 valence electrons. The molecule has 0 fully saturated rings. The molecule has 2 heterocycles. The van der Waals surface area contributed by atoms with E-state index in [0.717, 1.165) is 16.6 Å². The van der Waals surface area contributed by atoms with Crippen LogP contribution < -0.4 is 5.73 Å². The van der Waals surface area contributed by atoms with Crippen LogP contribution in [0.4, 0.5) is 0 Å². The molecule has 0 aliphatic carbocycles. The lowest BCUT2D eigenvalue weighted by molar-refractivity contribution is 0.811. The Bertz CT molecular complexity index is 487. The van der Waals surface area contributed by atoms with Crippen molar-refractivity contribution in [3.8, 4) is 0 Å². The number of rotatable bonds is 3. The highest BCUT2D eigenvalue weighted by molar-refractivity contribution is 7.80. The number of hydrogen-bond acceptors (Lipinski definition) is 2. The van der Waals surface area contributed by atoms with Gasteiger partial charge in [-0.25, -0.2) is 0 Å². The molecular weight excluding hydrogens is 248 g/mol. The van der Waals surface area contributed by atoms with Gasteiger partial charge >= 0.3 is 0 Å². The Hall–Kier alpha value is -0.840. The maximum Gasteiger partial charge on any atom is 0.120 e. The minimum atomic E-state index is 0.419. The predicted octanol–water partition coefficient (Wildman–Crippen LogP) is 2.89. The van der Waals surface area contributed by atoms with E-state index in [1.807, 2.05) is 35.0 Å². The fourth-order valence-electron chi connectivity index (χ4n) is 1.38. The van der Waals surface area contributed by atoms with E-state index in [0.29, 0.717) is 4.99 Å². The van der Waals surface area contributed by atoms with Crippen LogP contribution in [-0.2, 0) is 6.54 Å². The molecule has 5 heteroatoms. The predicted molar refractivity (Wildman–Crippen MR) is 68.8 cm³/mol. The summed E-state index contributed by atoms with van der Waals surface area (Å²) in [6.45, 7) is 0.761. The highest BCUT2D eigenvalue weighted by Gasteiger charge is 2.05. The van der Waals surface area contributed by atoms with Crippen LogP contribution in [0.15, 0.2) is 30.5 Å². The molecular formula is C10H9ClN2S2. The Kier molecular flexibility index (Phi) is 3.09. The SMILES string of the molecule is NC(=S)c1cccn1Cc1ccc(Cl)s1. The monoisotopic (exact) mass is 256 g/mol. The summed E-state index contributed by atoms with van der Waals surface area (Å²) in [4.78, 5) is 1.61. The van der Waals surface area contributed by atoms with Gasteiger partial charge in [0.2, 0.25) is 0 Å². The zero-order valence-corrected chi connectivity index (χ0v) is 10.2. The number of halogens is 1. The van der Waals surface area contributed by atoms with Gasteiger partial charge in [-0.3, -0.25) is 0 Å². The van der Waals surface area contributed by atoms with Crippen LogP contribution in [0.2, 0.25) is 4.34 Å². The normalized spacial score (nSPS) is 10.5. The Morgan fingerprint density at radius 2 is 2.27 bits per heavy atom. The number of hydrogen-bond donors (Lipinski definition) is 1. The minimum Gasteiger partial charge on any atom is -0.388 e. The summed E-state index contributed by atoms with van der Waals surface area (Å²) in [7, 11) is 0.